The molecule has 0 bridgehead atoms. The molecule has 0 saturated carbocycles. The Kier molecular flexibility index (Phi) is 3.96. The lowest BCUT2D eigenvalue weighted by Crippen LogP contribution is -2.10. The molecule has 18 heavy (non-hydrogen) atoms. The van der Waals surface area contributed by atoms with Crippen LogP contribution in [0.2, 0.25) is 0 Å². The second kappa shape index (κ2) is 5.65. The molecule has 0 aliphatic rings. The SMILES string of the molecule is Cc1ccncc1C(C#N)Nc1cccc(Br)c1. The van der Waals surface area contributed by atoms with E-state index in [9.17, 15) is 5.26 Å². The molecule has 1 heterocycles. The quantitative estimate of drug-likeness (QED) is 0.937. The van der Waals surface area contributed by atoms with Gasteiger partial charge < -0.3 is 5.32 Å². The lowest BCUT2D eigenvalue weighted by molar-refractivity contribution is 0.964. The van der Waals surface area contributed by atoms with Crippen molar-refractivity contribution in [1.29, 1.82) is 5.26 Å². The summed E-state index contributed by atoms with van der Waals surface area (Å²) in [6, 6.07) is 11.5. The van der Waals surface area contributed by atoms with Gasteiger partial charge in [-0.15, -0.1) is 0 Å². The van der Waals surface area contributed by atoms with Gasteiger partial charge in [0.1, 0.15) is 6.04 Å². The first kappa shape index (κ1) is 12.6. The maximum atomic E-state index is 9.28. The molecule has 0 fully saturated rings. The van der Waals surface area contributed by atoms with Gasteiger partial charge in [0.25, 0.3) is 0 Å². The number of benzene rings is 1. The van der Waals surface area contributed by atoms with E-state index in [1.54, 1.807) is 12.4 Å². The smallest absolute Gasteiger partial charge is 0.142 e. The fourth-order valence-electron chi connectivity index (χ4n) is 1.70. The van der Waals surface area contributed by atoms with Crippen LogP contribution in [0, 0.1) is 18.3 Å². The molecule has 90 valence electrons. The zero-order valence-corrected chi connectivity index (χ0v) is 11.5. The lowest BCUT2D eigenvalue weighted by Gasteiger charge is -2.15. The minimum atomic E-state index is -0.395. The Morgan fingerprint density at radius 2 is 2.22 bits per heavy atom. The van der Waals surface area contributed by atoms with Gasteiger partial charge in [-0.2, -0.15) is 5.26 Å². The largest absolute Gasteiger partial charge is 0.366 e. The van der Waals surface area contributed by atoms with Crippen molar-refractivity contribution in [2.75, 3.05) is 5.32 Å². The molecule has 0 amide bonds. The van der Waals surface area contributed by atoms with E-state index in [0.717, 1.165) is 21.3 Å². The highest BCUT2D eigenvalue weighted by molar-refractivity contribution is 9.10. The average Bonchev–Trinajstić information content (AvgIpc) is 2.37. The fourth-order valence-corrected chi connectivity index (χ4v) is 2.10. The molecule has 1 unspecified atom stereocenters. The molecule has 1 atom stereocenters. The normalized spacial score (nSPS) is 11.6. The molecule has 1 N–H and O–H groups in total. The summed E-state index contributed by atoms with van der Waals surface area (Å²) in [6.45, 7) is 1.98. The van der Waals surface area contributed by atoms with Crippen molar-refractivity contribution in [3.63, 3.8) is 0 Å². The van der Waals surface area contributed by atoms with Crippen molar-refractivity contribution in [3.8, 4) is 6.07 Å². The third-order valence-electron chi connectivity index (χ3n) is 2.66. The number of rotatable bonds is 3. The number of nitrogens with one attached hydrogen (secondary N) is 1. The Morgan fingerprint density at radius 3 is 2.89 bits per heavy atom. The monoisotopic (exact) mass is 301 g/mol. The number of nitrogens with zero attached hydrogens (tertiary/aromatic N) is 2. The number of hydrogen-bond acceptors (Lipinski definition) is 3. The van der Waals surface area contributed by atoms with E-state index in [0.29, 0.717) is 0 Å². The van der Waals surface area contributed by atoms with Crippen LogP contribution in [-0.4, -0.2) is 4.98 Å². The van der Waals surface area contributed by atoms with Gasteiger partial charge in [-0.3, -0.25) is 4.98 Å². The number of nitriles is 1. The summed E-state index contributed by atoms with van der Waals surface area (Å²) in [5, 5.41) is 12.5. The maximum absolute atomic E-state index is 9.28. The van der Waals surface area contributed by atoms with Crippen molar-refractivity contribution < 1.29 is 0 Å². The molecule has 2 aromatic rings. The molecule has 0 aliphatic heterocycles. The fraction of sp³-hybridized carbons (Fsp3) is 0.143. The predicted molar refractivity (Wildman–Crippen MR) is 75.1 cm³/mol. The van der Waals surface area contributed by atoms with Crippen molar-refractivity contribution in [2.24, 2.45) is 0 Å². The Hall–Kier alpha value is -1.86. The second-order valence-corrected chi connectivity index (χ2v) is 4.86. The van der Waals surface area contributed by atoms with Crippen molar-refractivity contribution in [2.45, 2.75) is 13.0 Å². The van der Waals surface area contributed by atoms with Gasteiger partial charge in [-0.05, 0) is 36.8 Å². The highest BCUT2D eigenvalue weighted by atomic mass is 79.9. The Balaban J connectivity index is 2.26. The van der Waals surface area contributed by atoms with Gasteiger partial charge in [-0.25, -0.2) is 0 Å². The third kappa shape index (κ3) is 2.88. The molecule has 2 rings (SSSR count). The summed E-state index contributed by atoms with van der Waals surface area (Å²) < 4.78 is 0.979. The van der Waals surface area contributed by atoms with E-state index in [-0.39, 0.29) is 0 Å². The molecular weight excluding hydrogens is 290 g/mol. The molecular formula is C14H12BrN3. The number of anilines is 1. The average molecular weight is 302 g/mol. The molecule has 0 saturated heterocycles. The maximum Gasteiger partial charge on any atom is 0.142 e. The first-order chi connectivity index (χ1) is 8.70. The topological polar surface area (TPSA) is 48.7 Å². The van der Waals surface area contributed by atoms with Crippen LogP contribution in [0.1, 0.15) is 17.2 Å². The molecule has 1 aromatic carbocycles. The molecule has 0 radical (unpaired) electrons. The first-order valence-corrected chi connectivity index (χ1v) is 6.32. The second-order valence-electron chi connectivity index (χ2n) is 3.95. The highest BCUT2D eigenvalue weighted by Crippen LogP contribution is 2.23. The standard InChI is InChI=1S/C14H12BrN3/c1-10-5-6-17-9-13(10)14(8-16)18-12-4-2-3-11(15)7-12/h2-7,9,14,18H,1H3. The van der Waals surface area contributed by atoms with Crippen molar-refractivity contribution >= 4 is 21.6 Å². The third-order valence-corrected chi connectivity index (χ3v) is 3.15. The molecule has 0 spiro atoms. The lowest BCUT2D eigenvalue weighted by atomic mass is 10.0. The molecule has 0 aliphatic carbocycles. The van der Waals surface area contributed by atoms with E-state index in [1.807, 2.05) is 37.3 Å². The predicted octanol–water partition coefficient (Wildman–Crippen LogP) is 3.83. The zero-order valence-electron chi connectivity index (χ0n) is 9.89. The van der Waals surface area contributed by atoms with Crippen LogP contribution < -0.4 is 5.32 Å². The summed E-state index contributed by atoms with van der Waals surface area (Å²) in [4.78, 5) is 4.07. The van der Waals surface area contributed by atoms with Gasteiger partial charge in [0.05, 0.1) is 6.07 Å². The minimum Gasteiger partial charge on any atom is -0.366 e. The molecule has 4 heteroatoms. The van der Waals surface area contributed by atoms with E-state index >= 15 is 0 Å². The summed E-state index contributed by atoms with van der Waals surface area (Å²) in [5.41, 5.74) is 2.86. The zero-order chi connectivity index (χ0) is 13.0. The van der Waals surface area contributed by atoms with E-state index in [4.69, 9.17) is 0 Å². The summed E-state index contributed by atoms with van der Waals surface area (Å²) in [6.07, 6.45) is 3.46. The summed E-state index contributed by atoms with van der Waals surface area (Å²) in [7, 11) is 0. The van der Waals surface area contributed by atoms with Crippen LogP contribution in [0.15, 0.2) is 47.2 Å². The van der Waals surface area contributed by atoms with E-state index < -0.39 is 6.04 Å². The van der Waals surface area contributed by atoms with Crippen LogP contribution in [0.5, 0.6) is 0 Å². The molecule has 3 nitrogen and oxygen atoms in total. The van der Waals surface area contributed by atoms with Crippen LogP contribution >= 0.6 is 15.9 Å². The van der Waals surface area contributed by atoms with Crippen molar-refractivity contribution in [3.05, 3.63) is 58.3 Å². The highest BCUT2D eigenvalue weighted by Gasteiger charge is 2.12. The molecule has 1 aromatic heterocycles. The van der Waals surface area contributed by atoms with Gasteiger partial charge in [-0.1, -0.05) is 22.0 Å². The summed E-state index contributed by atoms with van der Waals surface area (Å²) >= 11 is 3.41. The Labute approximate surface area is 115 Å². The van der Waals surface area contributed by atoms with Gasteiger partial charge >= 0.3 is 0 Å². The van der Waals surface area contributed by atoms with E-state index in [2.05, 4.69) is 32.3 Å². The summed E-state index contributed by atoms with van der Waals surface area (Å²) in [5.74, 6) is 0. The van der Waals surface area contributed by atoms with Crippen LogP contribution in [0.25, 0.3) is 0 Å². The van der Waals surface area contributed by atoms with E-state index in [1.165, 1.54) is 0 Å². The van der Waals surface area contributed by atoms with Gasteiger partial charge in [0.2, 0.25) is 0 Å². The number of pyridine rings is 1. The van der Waals surface area contributed by atoms with Crippen LogP contribution in [-0.2, 0) is 0 Å². The Bertz CT molecular complexity index is 590. The van der Waals surface area contributed by atoms with Gasteiger partial charge in [0, 0.05) is 28.1 Å². The van der Waals surface area contributed by atoms with Gasteiger partial charge in [0.15, 0.2) is 0 Å². The Morgan fingerprint density at radius 1 is 1.39 bits per heavy atom. The number of aromatic nitrogens is 1. The van der Waals surface area contributed by atoms with Crippen molar-refractivity contribution in [1.82, 2.24) is 4.98 Å². The number of hydrogen-bond donors (Lipinski definition) is 1. The first-order valence-electron chi connectivity index (χ1n) is 5.53. The van der Waals surface area contributed by atoms with Crippen LogP contribution in [0.3, 0.4) is 0 Å². The van der Waals surface area contributed by atoms with Crippen LogP contribution in [0.4, 0.5) is 5.69 Å². The number of halogens is 1. The minimum absolute atomic E-state index is 0.395. The number of aryl methyl sites for hydroxylation is 1.